The largest absolute Gasteiger partial charge is 0.476 e. The molecule has 1 N–H and O–H groups in total. The van der Waals surface area contributed by atoms with Crippen LogP contribution in [0.5, 0.6) is 0 Å². The molecule has 0 aliphatic carbocycles. The molecular formula is C13H7F4NO2. The molecule has 0 bridgehead atoms. The number of aromatic carboxylic acids is 1. The van der Waals surface area contributed by atoms with Crippen LogP contribution < -0.4 is 0 Å². The van der Waals surface area contributed by atoms with Gasteiger partial charge in [0, 0.05) is 5.56 Å². The Balaban J connectivity index is 2.73. The lowest BCUT2D eigenvalue weighted by molar-refractivity contribution is -0.137. The molecule has 0 amide bonds. The van der Waals surface area contributed by atoms with Crippen LogP contribution in [0.15, 0.2) is 36.4 Å². The molecule has 0 spiro atoms. The monoisotopic (exact) mass is 285 g/mol. The number of nitrogens with zero attached hydrogens (tertiary/aromatic N) is 1. The van der Waals surface area contributed by atoms with Crippen LogP contribution in [0, 0.1) is 5.95 Å². The standard InChI is InChI=1S/C13H7F4NO2/c14-10-6-5-8(11(18-10)12(19)20)7-3-1-2-4-9(7)13(15,16)17/h1-6H,(H,19,20). The van der Waals surface area contributed by atoms with Gasteiger partial charge in [0.15, 0.2) is 5.69 Å². The van der Waals surface area contributed by atoms with Gasteiger partial charge in [0.05, 0.1) is 5.56 Å². The van der Waals surface area contributed by atoms with Gasteiger partial charge < -0.3 is 5.11 Å². The maximum Gasteiger partial charge on any atom is 0.417 e. The minimum absolute atomic E-state index is 0.285. The number of carboxylic acid groups (broad SMARTS) is 1. The molecule has 0 unspecified atom stereocenters. The number of alkyl halides is 3. The quantitative estimate of drug-likeness (QED) is 0.677. The third-order valence-corrected chi connectivity index (χ3v) is 2.59. The molecule has 0 fully saturated rings. The molecule has 3 nitrogen and oxygen atoms in total. The van der Waals surface area contributed by atoms with Crippen molar-refractivity contribution in [2.75, 3.05) is 0 Å². The van der Waals surface area contributed by atoms with Gasteiger partial charge >= 0.3 is 12.1 Å². The summed E-state index contributed by atoms with van der Waals surface area (Å²) in [7, 11) is 0. The normalized spacial score (nSPS) is 11.4. The highest BCUT2D eigenvalue weighted by molar-refractivity contribution is 5.94. The maximum absolute atomic E-state index is 13.0. The molecule has 2 rings (SSSR count). The fraction of sp³-hybridized carbons (Fsp3) is 0.0769. The van der Waals surface area contributed by atoms with E-state index in [1.807, 2.05) is 0 Å². The smallest absolute Gasteiger partial charge is 0.417 e. The molecule has 0 atom stereocenters. The highest BCUT2D eigenvalue weighted by Gasteiger charge is 2.34. The number of carbonyl (C=O) groups is 1. The van der Waals surface area contributed by atoms with Crippen molar-refractivity contribution in [1.29, 1.82) is 0 Å². The van der Waals surface area contributed by atoms with Gasteiger partial charge in [0.2, 0.25) is 5.95 Å². The predicted octanol–water partition coefficient (Wildman–Crippen LogP) is 3.60. The van der Waals surface area contributed by atoms with Crippen molar-refractivity contribution in [2.45, 2.75) is 6.18 Å². The number of hydrogen-bond acceptors (Lipinski definition) is 2. The molecular weight excluding hydrogens is 278 g/mol. The summed E-state index contributed by atoms with van der Waals surface area (Å²) in [6, 6.07) is 6.24. The molecule has 0 radical (unpaired) electrons. The summed E-state index contributed by atoms with van der Waals surface area (Å²) in [5, 5.41) is 8.93. The van der Waals surface area contributed by atoms with Gasteiger partial charge in [-0.1, -0.05) is 18.2 Å². The van der Waals surface area contributed by atoms with Gasteiger partial charge in [0.1, 0.15) is 0 Å². The lowest BCUT2D eigenvalue weighted by atomic mass is 9.98. The topological polar surface area (TPSA) is 50.2 Å². The van der Waals surface area contributed by atoms with Crippen molar-refractivity contribution in [2.24, 2.45) is 0 Å². The summed E-state index contributed by atoms with van der Waals surface area (Å²) in [5.41, 5.74) is -2.41. The number of hydrogen-bond donors (Lipinski definition) is 1. The minimum Gasteiger partial charge on any atom is -0.476 e. The molecule has 20 heavy (non-hydrogen) atoms. The number of pyridine rings is 1. The van der Waals surface area contributed by atoms with Crippen LogP contribution in [-0.4, -0.2) is 16.1 Å². The summed E-state index contributed by atoms with van der Waals surface area (Å²) < 4.78 is 51.7. The summed E-state index contributed by atoms with van der Waals surface area (Å²) in [4.78, 5) is 14.1. The van der Waals surface area contributed by atoms with E-state index in [-0.39, 0.29) is 11.1 Å². The lowest BCUT2D eigenvalue weighted by Gasteiger charge is -2.13. The summed E-state index contributed by atoms with van der Waals surface area (Å²) in [5.74, 6) is -2.67. The zero-order valence-electron chi connectivity index (χ0n) is 9.78. The summed E-state index contributed by atoms with van der Waals surface area (Å²) >= 11 is 0. The molecule has 0 saturated heterocycles. The molecule has 1 aromatic heterocycles. The molecule has 0 aliphatic heterocycles. The first-order chi connectivity index (χ1) is 9.30. The second-order valence-corrected chi connectivity index (χ2v) is 3.88. The zero-order chi connectivity index (χ0) is 14.9. The third-order valence-electron chi connectivity index (χ3n) is 2.59. The zero-order valence-corrected chi connectivity index (χ0v) is 9.78. The Labute approximate surface area is 110 Å². The van der Waals surface area contributed by atoms with E-state index in [0.29, 0.717) is 0 Å². The second-order valence-electron chi connectivity index (χ2n) is 3.88. The summed E-state index contributed by atoms with van der Waals surface area (Å²) in [6.45, 7) is 0. The first-order valence-corrected chi connectivity index (χ1v) is 5.37. The van der Waals surface area contributed by atoms with E-state index in [1.54, 1.807) is 0 Å². The number of aromatic nitrogens is 1. The Kier molecular flexibility index (Phi) is 3.44. The lowest BCUT2D eigenvalue weighted by Crippen LogP contribution is -2.10. The molecule has 1 heterocycles. The van der Waals surface area contributed by atoms with Crippen LogP contribution in [-0.2, 0) is 6.18 Å². The highest BCUT2D eigenvalue weighted by Crippen LogP contribution is 2.37. The van der Waals surface area contributed by atoms with E-state index in [2.05, 4.69) is 4.98 Å². The van der Waals surface area contributed by atoms with Crippen molar-refractivity contribution in [3.63, 3.8) is 0 Å². The average Bonchev–Trinajstić information content (AvgIpc) is 2.37. The van der Waals surface area contributed by atoms with Crippen LogP contribution in [0.4, 0.5) is 17.6 Å². The molecule has 2 aromatic rings. The van der Waals surface area contributed by atoms with Gasteiger partial charge in [-0.3, -0.25) is 0 Å². The number of halogens is 4. The van der Waals surface area contributed by atoms with E-state index in [1.165, 1.54) is 12.1 Å². The van der Waals surface area contributed by atoms with E-state index in [4.69, 9.17) is 5.11 Å². The predicted molar refractivity (Wildman–Crippen MR) is 61.6 cm³/mol. The van der Waals surface area contributed by atoms with Crippen LogP contribution in [0.3, 0.4) is 0 Å². The average molecular weight is 285 g/mol. The number of carboxylic acids is 1. The van der Waals surface area contributed by atoms with Crippen molar-refractivity contribution in [3.05, 3.63) is 53.6 Å². The Bertz CT molecular complexity index is 668. The summed E-state index contributed by atoms with van der Waals surface area (Å²) in [6.07, 6.45) is -4.65. The fourth-order valence-corrected chi connectivity index (χ4v) is 1.78. The SMILES string of the molecule is O=C(O)c1nc(F)ccc1-c1ccccc1C(F)(F)F. The fourth-order valence-electron chi connectivity index (χ4n) is 1.78. The van der Waals surface area contributed by atoms with Gasteiger partial charge in [-0.2, -0.15) is 17.6 Å². The third kappa shape index (κ3) is 2.61. The van der Waals surface area contributed by atoms with Crippen LogP contribution in [0.1, 0.15) is 16.1 Å². The molecule has 104 valence electrons. The maximum atomic E-state index is 13.0. The van der Waals surface area contributed by atoms with E-state index in [0.717, 1.165) is 24.3 Å². The minimum atomic E-state index is -4.65. The van der Waals surface area contributed by atoms with Crippen LogP contribution in [0.25, 0.3) is 11.1 Å². The van der Waals surface area contributed by atoms with Crippen LogP contribution >= 0.6 is 0 Å². The van der Waals surface area contributed by atoms with E-state index in [9.17, 15) is 22.4 Å². The van der Waals surface area contributed by atoms with Crippen molar-refractivity contribution < 1.29 is 27.5 Å². The molecule has 1 aromatic carbocycles. The Hall–Kier alpha value is -2.44. The highest BCUT2D eigenvalue weighted by atomic mass is 19.4. The second kappa shape index (κ2) is 4.92. The van der Waals surface area contributed by atoms with E-state index < -0.39 is 29.4 Å². The first kappa shape index (κ1) is 14.0. The number of benzene rings is 1. The Morgan fingerprint density at radius 1 is 1.05 bits per heavy atom. The van der Waals surface area contributed by atoms with Gasteiger partial charge in [0.25, 0.3) is 0 Å². The van der Waals surface area contributed by atoms with Gasteiger partial charge in [-0.15, -0.1) is 0 Å². The van der Waals surface area contributed by atoms with Crippen LogP contribution in [0.2, 0.25) is 0 Å². The van der Waals surface area contributed by atoms with Gasteiger partial charge in [-0.05, 0) is 23.8 Å². The first-order valence-electron chi connectivity index (χ1n) is 5.37. The van der Waals surface area contributed by atoms with E-state index >= 15 is 0 Å². The number of rotatable bonds is 2. The van der Waals surface area contributed by atoms with Crippen molar-refractivity contribution in [3.8, 4) is 11.1 Å². The molecule has 0 saturated carbocycles. The molecule has 7 heteroatoms. The van der Waals surface area contributed by atoms with Gasteiger partial charge in [-0.25, -0.2) is 9.78 Å². The Morgan fingerprint density at radius 2 is 1.70 bits per heavy atom. The Morgan fingerprint density at radius 3 is 2.30 bits per heavy atom. The van der Waals surface area contributed by atoms with Crippen molar-refractivity contribution >= 4 is 5.97 Å². The molecule has 0 aliphatic rings. The van der Waals surface area contributed by atoms with Crippen molar-refractivity contribution in [1.82, 2.24) is 4.98 Å².